The van der Waals surface area contributed by atoms with Crippen LogP contribution in [0.3, 0.4) is 0 Å². The zero-order valence-electron chi connectivity index (χ0n) is 18.1. The first-order valence-electron chi connectivity index (χ1n) is 11.4. The summed E-state index contributed by atoms with van der Waals surface area (Å²) in [6.45, 7) is 1.30. The van der Waals surface area contributed by atoms with Gasteiger partial charge in [-0.15, -0.1) is 0 Å². The van der Waals surface area contributed by atoms with Crippen LogP contribution in [0.15, 0.2) is 36.5 Å². The second-order valence-corrected chi connectivity index (χ2v) is 8.58. The summed E-state index contributed by atoms with van der Waals surface area (Å²) in [6.07, 6.45) is 8.19. The van der Waals surface area contributed by atoms with Gasteiger partial charge in [-0.3, -0.25) is 9.78 Å². The quantitative estimate of drug-likeness (QED) is 0.523. The van der Waals surface area contributed by atoms with Gasteiger partial charge in [-0.05, 0) is 68.2 Å². The van der Waals surface area contributed by atoms with Crippen molar-refractivity contribution >= 4 is 17.7 Å². The summed E-state index contributed by atoms with van der Waals surface area (Å²) in [5, 5.41) is 15.3. The molecule has 1 atom stereocenters. The lowest BCUT2D eigenvalue weighted by Gasteiger charge is -2.35. The van der Waals surface area contributed by atoms with Crippen LogP contribution in [0.25, 0.3) is 0 Å². The highest BCUT2D eigenvalue weighted by Gasteiger charge is 2.30. The topological polar surface area (TPSA) is 113 Å². The summed E-state index contributed by atoms with van der Waals surface area (Å²) in [5.74, 6) is 0.0979. The van der Waals surface area contributed by atoms with Gasteiger partial charge >= 0.3 is 5.97 Å². The molecular weight excluding hydrogens is 408 g/mol. The lowest BCUT2D eigenvalue weighted by molar-refractivity contribution is -0.140. The smallest absolute Gasteiger partial charge is 0.326 e. The van der Waals surface area contributed by atoms with E-state index < -0.39 is 17.9 Å². The largest absolute Gasteiger partial charge is 0.480 e. The van der Waals surface area contributed by atoms with E-state index in [1.165, 1.54) is 18.2 Å². The summed E-state index contributed by atoms with van der Waals surface area (Å²) in [4.78, 5) is 32.3. The van der Waals surface area contributed by atoms with Crippen LogP contribution >= 0.6 is 0 Å². The van der Waals surface area contributed by atoms with E-state index in [1.807, 2.05) is 0 Å². The number of carbonyl (C=O) groups excluding carboxylic acids is 1. The van der Waals surface area contributed by atoms with Gasteiger partial charge in [0.05, 0.1) is 6.10 Å². The normalized spacial score (nSPS) is 20.4. The number of carbonyl (C=O) groups is 2. The number of ether oxygens (including phenoxy) is 1. The van der Waals surface area contributed by atoms with Crippen molar-refractivity contribution in [3.8, 4) is 0 Å². The van der Waals surface area contributed by atoms with E-state index in [-0.39, 0.29) is 18.2 Å². The van der Waals surface area contributed by atoms with Crippen molar-refractivity contribution in [1.82, 2.24) is 15.3 Å². The number of hydrogen-bond donors (Lipinski definition) is 3. The van der Waals surface area contributed by atoms with Crippen LogP contribution in [-0.4, -0.2) is 52.2 Å². The summed E-state index contributed by atoms with van der Waals surface area (Å²) < 4.78 is 5.85. The van der Waals surface area contributed by atoms with Gasteiger partial charge in [0.25, 0.3) is 5.91 Å². The van der Waals surface area contributed by atoms with Gasteiger partial charge in [0.1, 0.15) is 17.6 Å². The van der Waals surface area contributed by atoms with Gasteiger partial charge in [0.15, 0.2) is 0 Å². The molecule has 1 saturated carbocycles. The number of nitrogens with zero attached hydrogens (tertiary/aromatic N) is 2. The van der Waals surface area contributed by atoms with E-state index in [0.717, 1.165) is 50.2 Å². The van der Waals surface area contributed by atoms with E-state index in [1.54, 1.807) is 18.2 Å². The average Bonchev–Trinajstić information content (AvgIpc) is 2.79. The standard InChI is InChI=1S/C24H30N4O4/c29-23(20-5-1-2-11-25-20)28-21(24(30)31)10-13-32-19-14-16(15-19)6-8-18-9-7-17-4-3-12-26-22(17)27-18/h1-2,5,7,9,11,16,19,21H,3-4,6,8,10,12-15H2,(H,26,27)(H,28,29)(H,30,31)/t16-,19+,21?. The van der Waals surface area contributed by atoms with Crippen molar-refractivity contribution in [2.24, 2.45) is 5.92 Å². The highest BCUT2D eigenvalue weighted by Crippen LogP contribution is 2.34. The third-order valence-corrected chi connectivity index (χ3v) is 6.21. The van der Waals surface area contributed by atoms with E-state index in [2.05, 4.69) is 27.8 Å². The average molecular weight is 439 g/mol. The zero-order chi connectivity index (χ0) is 22.3. The molecule has 2 aromatic rings. The number of pyridine rings is 2. The van der Waals surface area contributed by atoms with Crippen molar-refractivity contribution < 1.29 is 19.4 Å². The summed E-state index contributed by atoms with van der Waals surface area (Å²) in [5.41, 5.74) is 2.65. The number of carboxylic acid groups (broad SMARTS) is 1. The maximum Gasteiger partial charge on any atom is 0.326 e. The van der Waals surface area contributed by atoms with Crippen molar-refractivity contribution in [2.45, 2.75) is 57.1 Å². The van der Waals surface area contributed by atoms with Gasteiger partial charge in [0, 0.05) is 31.5 Å². The monoisotopic (exact) mass is 438 g/mol. The molecule has 0 radical (unpaired) electrons. The van der Waals surface area contributed by atoms with Gasteiger partial charge in [0.2, 0.25) is 0 Å². The maximum absolute atomic E-state index is 12.1. The van der Waals surface area contributed by atoms with E-state index >= 15 is 0 Å². The van der Waals surface area contributed by atoms with E-state index in [4.69, 9.17) is 9.72 Å². The minimum atomic E-state index is -1.07. The third kappa shape index (κ3) is 5.82. The molecule has 8 heteroatoms. The molecule has 0 bridgehead atoms. The van der Waals surface area contributed by atoms with Crippen molar-refractivity contribution in [3.63, 3.8) is 0 Å². The molecule has 0 spiro atoms. The summed E-state index contributed by atoms with van der Waals surface area (Å²) >= 11 is 0. The van der Waals surface area contributed by atoms with Crippen LogP contribution in [0.1, 0.15) is 53.8 Å². The lowest BCUT2D eigenvalue weighted by atomic mass is 9.79. The molecule has 32 heavy (non-hydrogen) atoms. The molecule has 1 amide bonds. The van der Waals surface area contributed by atoms with Crippen LogP contribution in [-0.2, 0) is 22.4 Å². The van der Waals surface area contributed by atoms with Crippen LogP contribution in [0.4, 0.5) is 5.82 Å². The van der Waals surface area contributed by atoms with Gasteiger partial charge in [-0.1, -0.05) is 12.1 Å². The molecule has 2 aromatic heterocycles. The Kier molecular flexibility index (Phi) is 7.32. The van der Waals surface area contributed by atoms with Crippen molar-refractivity contribution in [2.75, 3.05) is 18.5 Å². The van der Waals surface area contributed by atoms with Gasteiger partial charge in [-0.2, -0.15) is 0 Å². The van der Waals surface area contributed by atoms with E-state index in [0.29, 0.717) is 12.5 Å². The van der Waals surface area contributed by atoms with Crippen LogP contribution in [0, 0.1) is 5.92 Å². The zero-order valence-corrected chi connectivity index (χ0v) is 18.1. The van der Waals surface area contributed by atoms with Gasteiger partial charge < -0.3 is 20.5 Å². The molecular formula is C24H30N4O4. The number of anilines is 1. The summed E-state index contributed by atoms with van der Waals surface area (Å²) in [6, 6.07) is 8.28. The Labute approximate surface area is 187 Å². The van der Waals surface area contributed by atoms with Crippen LogP contribution < -0.4 is 10.6 Å². The minimum Gasteiger partial charge on any atom is -0.480 e. The first kappa shape index (κ1) is 22.2. The molecule has 2 aliphatic rings. The highest BCUT2D eigenvalue weighted by atomic mass is 16.5. The molecule has 1 unspecified atom stereocenters. The Morgan fingerprint density at radius 1 is 1.25 bits per heavy atom. The second-order valence-electron chi connectivity index (χ2n) is 8.58. The Morgan fingerprint density at radius 3 is 2.91 bits per heavy atom. The number of nitrogens with one attached hydrogen (secondary N) is 2. The predicted molar refractivity (Wildman–Crippen MR) is 120 cm³/mol. The molecule has 1 aliphatic carbocycles. The molecule has 170 valence electrons. The Balaban J connectivity index is 1.14. The molecule has 1 aliphatic heterocycles. The van der Waals surface area contributed by atoms with Crippen LogP contribution in [0.5, 0.6) is 0 Å². The number of aromatic nitrogens is 2. The van der Waals surface area contributed by atoms with Gasteiger partial charge in [-0.25, -0.2) is 9.78 Å². The fourth-order valence-electron chi connectivity index (χ4n) is 4.25. The Morgan fingerprint density at radius 2 is 2.12 bits per heavy atom. The van der Waals surface area contributed by atoms with Crippen molar-refractivity contribution in [3.05, 3.63) is 53.5 Å². The number of aliphatic carboxylic acids is 1. The number of rotatable bonds is 10. The van der Waals surface area contributed by atoms with E-state index in [9.17, 15) is 14.7 Å². The fraction of sp³-hybridized carbons (Fsp3) is 0.500. The first-order valence-corrected chi connectivity index (χ1v) is 11.4. The molecule has 0 aromatic carbocycles. The molecule has 3 N–H and O–H groups in total. The molecule has 3 heterocycles. The Bertz CT molecular complexity index is 931. The SMILES string of the molecule is O=C(NC(CCO[C@H]1C[C@@H](CCc2ccc3c(n2)NCCC3)C1)C(=O)O)c1ccccn1. The number of fused-ring (bicyclic) bond motifs is 1. The molecule has 1 fully saturated rings. The van der Waals surface area contributed by atoms with Crippen LogP contribution in [0.2, 0.25) is 0 Å². The molecule has 4 rings (SSSR count). The predicted octanol–water partition coefficient (Wildman–Crippen LogP) is 2.84. The van der Waals surface area contributed by atoms with Crippen molar-refractivity contribution in [1.29, 1.82) is 0 Å². The lowest BCUT2D eigenvalue weighted by Crippen LogP contribution is -2.42. The number of carboxylic acids is 1. The minimum absolute atomic E-state index is 0.166. The third-order valence-electron chi connectivity index (χ3n) is 6.21. The fourth-order valence-corrected chi connectivity index (χ4v) is 4.25. The second kappa shape index (κ2) is 10.5. The number of amides is 1. The number of hydrogen-bond acceptors (Lipinski definition) is 6. The first-order chi connectivity index (χ1) is 15.6. The highest BCUT2D eigenvalue weighted by molar-refractivity contribution is 5.94. The Hall–Kier alpha value is -3.00. The maximum atomic E-state index is 12.1. The molecule has 0 saturated heterocycles. The number of aryl methyl sites for hydroxylation is 2. The molecule has 8 nitrogen and oxygen atoms in total. The summed E-state index contributed by atoms with van der Waals surface area (Å²) in [7, 11) is 0.